The number of piperidine rings is 1. The zero-order valence-corrected chi connectivity index (χ0v) is 12.6. The third kappa shape index (κ3) is 3.11. The van der Waals surface area contributed by atoms with Gasteiger partial charge in [0.05, 0.1) is 0 Å². The Labute approximate surface area is 130 Å². The maximum atomic E-state index is 11.2. The summed E-state index contributed by atoms with van der Waals surface area (Å²) in [5.41, 5.74) is 3.10. The van der Waals surface area contributed by atoms with Crippen molar-refractivity contribution < 1.29 is 4.79 Å². The van der Waals surface area contributed by atoms with Crippen molar-refractivity contribution in [2.24, 2.45) is 0 Å². The third-order valence-corrected chi connectivity index (χ3v) is 4.46. The second-order valence-electron chi connectivity index (χ2n) is 5.49. The first kappa shape index (κ1) is 14.2. The van der Waals surface area contributed by atoms with Gasteiger partial charge in [0.2, 0.25) is 0 Å². The van der Waals surface area contributed by atoms with Gasteiger partial charge in [-0.2, -0.15) is 0 Å². The summed E-state index contributed by atoms with van der Waals surface area (Å²) in [6.07, 6.45) is 3.12. The molecule has 0 atom stereocenters. The lowest BCUT2D eigenvalue weighted by Gasteiger charge is -2.34. The molecule has 0 amide bonds. The number of anilines is 1. The highest BCUT2D eigenvalue weighted by molar-refractivity contribution is 6.31. The molecule has 0 unspecified atom stereocenters. The second-order valence-corrected chi connectivity index (χ2v) is 5.93. The Kier molecular flexibility index (Phi) is 4.26. The van der Waals surface area contributed by atoms with E-state index in [4.69, 9.17) is 11.6 Å². The van der Waals surface area contributed by atoms with Crippen LogP contribution in [0.15, 0.2) is 48.5 Å². The Balaban J connectivity index is 1.74. The molecular formula is C18H18ClNO. The van der Waals surface area contributed by atoms with Crippen LogP contribution in [0, 0.1) is 0 Å². The van der Waals surface area contributed by atoms with E-state index in [1.807, 2.05) is 6.07 Å². The predicted octanol–water partition coefficient (Wildman–Crippen LogP) is 4.54. The average Bonchev–Trinajstić information content (AvgIpc) is 2.56. The van der Waals surface area contributed by atoms with Crippen LogP contribution in [0.4, 0.5) is 5.69 Å². The van der Waals surface area contributed by atoms with Gasteiger partial charge < -0.3 is 4.90 Å². The van der Waals surface area contributed by atoms with Crippen LogP contribution in [0.2, 0.25) is 5.02 Å². The average molecular weight is 300 g/mol. The van der Waals surface area contributed by atoms with Crippen LogP contribution in [0.5, 0.6) is 0 Å². The predicted molar refractivity (Wildman–Crippen MR) is 87.5 cm³/mol. The van der Waals surface area contributed by atoms with Gasteiger partial charge in [0.1, 0.15) is 0 Å². The first-order chi connectivity index (χ1) is 10.3. The first-order valence-electron chi connectivity index (χ1n) is 7.32. The Bertz CT molecular complexity index is 618. The summed E-state index contributed by atoms with van der Waals surface area (Å²) in [6.45, 7) is 1.92. The maximum Gasteiger partial charge on any atom is 0.152 e. The van der Waals surface area contributed by atoms with Gasteiger partial charge in [-0.1, -0.05) is 41.9 Å². The smallest absolute Gasteiger partial charge is 0.152 e. The molecule has 1 fully saturated rings. The lowest BCUT2D eigenvalue weighted by Crippen LogP contribution is -2.33. The topological polar surface area (TPSA) is 20.3 Å². The van der Waals surface area contributed by atoms with E-state index in [0.717, 1.165) is 43.5 Å². The molecule has 21 heavy (non-hydrogen) atoms. The highest BCUT2D eigenvalue weighted by Crippen LogP contribution is 2.32. The quantitative estimate of drug-likeness (QED) is 0.776. The normalized spacial score (nSPS) is 16.0. The van der Waals surface area contributed by atoms with Crippen LogP contribution in [0.3, 0.4) is 0 Å². The monoisotopic (exact) mass is 299 g/mol. The van der Waals surface area contributed by atoms with E-state index < -0.39 is 0 Å². The summed E-state index contributed by atoms with van der Waals surface area (Å²) < 4.78 is 0. The Morgan fingerprint density at radius 2 is 1.76 bits per heavy atom. The minimum absolute atomic E-state index is 0.612. The fourth-order valence-electron chi connectivity index (χ4n) is 3.07. The molecule has 1 saturated heterocycles. The van der Waals surface area contributed by atoms with Gasteiger partial charge in [-0.05, 0) is 42.5 Å². The van der Waals surface area contributed by atoms with Crippen LogP contribution in [0.1, 0.15) is 34.7 Å². The molecule has 2 nitrogen and oxygen atoms in total. The number of halogens is 1. The van der Waals surface area contributed by atoms with Crippen LogP contribution < -0.4 is 4.90 Å². The molecular weight excluding hydrogens is 282 g/mol. The molecule has 0 radical (unpaired) electrons. The van der Waals surface area contributed by atoms with Gasteiger partial charge in [0.25, 0.3) is 0 Å². The minimum Gasteiger partial charge on any atom is -0.371 e. The fraction of sp³-hybridized carbons (Fsp3) is 0.278. The minimum atomic E-state index is 0.612. The van der Waals surface area contributed by atoms with Crippen molar-refractivity contribution in [2.75, 3.05) is 18.0 Å². The number of nitrogens with zero attached hydrogens (tertiary/aromatic N) is 1. The summed E-state index contributed by atoms with van der Waals surface area (Å²) in [6, 6.07) is 16.1. The zero-order chi connectivity index (χ0) is 14.7. The summed E-state index contributed by atoms with van der Waals surface area (Å²) in [5.74, 6) is 0.612. The summed E-state index contributed by atoms with van der Waals surface area (Å²) >= 11 is 6.07. The zero-order valence-electron chi connectivity index (χ0n) is 11.8. The van der Waals surface area contributed by atoms with Gasteiger partial charge in [-0.25, -0.2) is 0 Å². The molecule has 2 aromatic carbocycles. The Hall–Kier alpha value is -1.80. The van der Waals surface area contributed by atoms with E-state index in [9.17, 15) is 4.79 Å². The van der Waals surface area contributed by atoms with Crippen molar-refractivity contribution in [3.8, 4) is 0 Å². The number of rotatable bonds is 3. The first-order valence-corrected chi connectivity index (χ1v) is 7.70. The fourth-order valence-corrected chi connectivity index (χ4v) is 3.24. The van der Waals surface area contributed by atoms with Crippen LogP contribution in [0.25, 0.3) is 0 Å². The van der Waals surface area contributed by atoms with E-state index in [2.05, 4.69) is 35.2 Å². The van der Waals surface area contributed by atoms with Crippen LogP contribution in [-0.4, -0.2) is 19.4 Å². The SMILES string of the molecule is O=Cc1ccc(Cl)cc1N1CCC(c2ccccc2)CC1. The van der Waals surface area contributed by atoms with Crippen molar-refractivity contribution in [1.82, 2.24) is 0 Å². The van der Waals surface area contributed by atoms with Gasteiger partial charge in [0.15, 0.2) is 6.29 Å². The third-order valence-electron chi connectivity index (χ3n) is 4.23. The van der Waals surface area contributed by atoms with Gasteiger partial charge in [-0.3, -0.25) is 4.79 Å². The molecule has 0 bridgehead atoms. The van der Waals surface area contributed by atoms with Crippen molar-refractivity contribution in [3.63, 3.8) is 0 Å². The molecule has 0 N–H and O–H groups in total. The highest BCUT2D eigenvalue weighted by atomic mass is 35.5. The lowest BCUT2D eigenvalue weighted by molar-refractivity contribution is 0.112. The standard InChI is InChI=1S/C18H18ClNO/c19-17-7-6-16(13-21)18(12-17)20-10-8-15(9-11-20)14-4-2-1-3-5-14/h1-7,12-13,15H,8-11H2. The van der Waals surface area contributed by atoms with E-state index in [1.165, 1.54) is 5.56 Å². The molecule has 0 saturated carbocycles. The van der Waals surface area contributed by atoms with Crippen LogP contribution in [-0.2, 0) is 0 Å². The number of benzene rings is 2. The molecule has 1 aliphatic rings. The highest BCUT2D eigenvalue weighted by Gasteiger charge is 2.22. The van der Waals surface area contributed by atoms with Gasteiger partial charge in [0, 0.05) is 29.4 Å². The molecule has 3 rings (SSSR count). The molecule has 0 aromatic heterocycles. The Morgan fingerprint density at radius 1 is 1.05 bits per heavy atom. The molecule has 0 aliphatic carbocycles. The molecule has 1 aliphatic heterocycles. The van der Waals surface area contributed by atoms with Crippen molar-refractivity contribution in [1.29, 1.82) is 0 Å². The lowest BCUT2D eigenvalue weighted by atomic mass is 9.89. The Morgan fingerprint density at radius 3 is 2.43 bits per heavy atom. The maximum absolute atomic E-state index is 11.2. The van der Waals surface area contributed by atoms with Crippen molar-refractivity contribution in [3.05, 3.63) is 64.7 Å². The summed E-state index contributed by atoms with van der Waals surface area (Å²) in [4.78, 5) is 13.5. The molecule has 2 aromatic rings. The summed E-state index contributed by atoms with van der Waals surface area (Å²) in [5, 5.41) is 0.681. The molecule has 108 valence electrons. The summed E-state index contributed by atoms with van der Waals surface area (Å²) in [7, 11) is 0. The number of carbonyl (C=O) groups is 1. The molecule has 3 heteroatoms. The number of aldehydes is 1. The second kappa shape index (κ2) is 6.31. The van der Waals surface area contributed by atoms with E-state index in [0.29, 0.717) is 10.9 Å². The number of hydrogen-bond donors (Lipinski definition) is 0. The van der Waals surface area contributed by atoms with Crippen molar-refractivity contribution in [2.45, 2.75) is 18.8 Å². The molecule has 0 spiro atoms. The van der Waals surface area contributed by atoms with Gasteiger partial charge in [-0.15, -0.1) is 0 Å². The van der Waals surface area contributed by atoms with Crippen molar-refractivity contribution >= 4 is 23.6 Å². The number of carbonyl (C=O) groups excluding carboxylic acids is 1. The van der Waals surface area contributed by atoms with Gasteiger partial charge >= 0.3 is 0 Å². The van der Waals surface area contributed by atoms with E-state index in [1.54, 1.807) is 12.1 Å². The van der Waals surface area contributed by atoms with Crippen LogP contribution >= 0.6 is 11.6 Å². The van der Waals surface area contributed by atoms with E-state index >= 15 is 0 Å². The molecule has 1 heterocycles. The van der Waals surface area contributed by atoms with E-state index in [-0.39, 0.29) is 0 Å². The number of hydrogen-bond acceptors (Lipinski definition) is 2. The largest absolute Gasteiger partial charge is 0.371 e.